The van der Waals surface area contributed by atoms with Gasteiger partial charge in [-0.05, 0) is 69.2 Å². The van der Waals surface area contributed by atoms with Crippen LogP contribution in [0.25, 0.3) is 0 Å². The molecule has 0 aromatic carbocycles. The monoisotopic (exact) mass is 271 g/mol. The van der Waals surface area contributed by atoms with E-state index in [-0.39, 0.29) is 0 Å². The average Bonchev–Trinajstić information content (AvgIpc) is 3.24. The Morgan fingerprint density at radius 2 is 2.20 bits per heavy atom. The predicted molar refractivity (Wildman–Crippen MR) is 80.6 cm³/mol. The van der Waals surface area contributed by atoms with Gasteiger partial charge in [0.05, 0.1) is 5.69 Å². The van der Waals surface area contributed by atoms with E-state index in [0.717, 1.165) is 12.0 Å². The van der Waals surface area contributed by atoms with Crippen LogP contribution in [0.4, 0.5) is 0 Å². The van der Waals surface area contributed by atoms with E-state index in [9.17, 15) is 0 Å². The minimum Gasteiger partial charge on any atom is -0.308 e. The van der Waals surface area contributed by atoms with Crippen molar-refractivity contribution in [2.75, 3.05) is 19.6 Å². The zero-order valence-electron chi connectivity index (χ0n) is 12.2. The molecule has 2 aliphatic carbocycles. The SMILES string of the molecule is c1cnc2c(c1)CCCC2NCC1CCN(C2CC2)C1. The lowest BCUT2D eigenvalue weighted by Gasteiger charge is -2.26. The van der Waals surface area contributed by atoms with E-state index >= 15 is 0 Å². The summed E-state index contributed by atoms with van der Waals surface area (Å²) >= 11 is 0. The minimum absolute atomic E-state index is 0.495. The number of rotatable bonds is 4. The molecule has 4 rings (SSSR count). The quantitative estimate of drug-likeness (QED) is 0.912. The van der Waals surface area contributed by atoms with Gasteiger partial charge in [0, 0.05) is 24.8 Å². The molecule has 1 N–H and O–H groups in total. The number of nitrogens with one attached hydrogen (secondary N) is 1. The molecule has 1 saturated heterocycles. The van der Waals surface area contributed by atoms with Crippen molar-refractivity contribution in [2.45, 2.75) is 50.6 Å². The van der Waals surface area contributed by atoms with Gasteiger partial charge in [0.2, 0.25) is 0 Å². The highest BCUT2D eigenvalue weighted by atomic mass is 15.2. The third kappa shape index (κ3) is 2.61. The van der Waals surface area contributed by atoms with Crippen LogP contribution < -0.4 is 5.32 Å². The predicted octanol–water partition coefficient (Wildman–Crippen LogP) is 2.53. The third-order valence-corrected chi connectivity index (χ3v) is 5.23. The Balaban J connectivity index is 1.34. The Labute approximate surface area is 121 Å². The van der Waals surface area contributed by atoms with Crippen LogP contribution in [0.2, 0.25) is 0 Å². The second-order valence-corrected chi connectivity index (χ2v) is 6.78. The standard InChI is InChI=1S/C17H25N3/c1-3-14-4-2-9-18-17(14)16(5-1)19-11-13-8-10-20(12-13)15-6-7-15/h2,4,9,13,15-16,19H,1,3,5-8,10-12H2. The lowest BCUT2D eigenvalue weighted by Crippen LogP contribution is -2.32. The highest BCUT2D eigenvalue weighted by Gasteiger charge is 2.34. The molecule has 0 amide bonds. The van der Waals surface area contributed by atoms with Crippen molar-refractivity contribution in [2.24, 2.45) is 5.92 Å². The number of pyridine rings is 1. The summed E-state index contributed by atoms with van der Waals surface area (Å²) in [5.74, 6) is 0.852. The number of aromatic nitrogens is 1. The summed E-state index contributed by atoms with van der Waals surface area (Å²) in [6.45, 7) is 3.82. The summed E-state index contributed by atoms with van der Waals surface area (Å²) < 4.78 is 0. The van der Waals surface area contributed by atoms with Gasteiger partial charge in [0.25, 0.3) is 0 Å². The number of nitrogens with zero attached hydrogens (tertiary/aromatic N) is 2. The summed E-state index contributed by atoms with van der Waals surface area (Å²) in [6.07, 6.45) is 9.98. The van der Waals surface area contributed by atoms with E-state index in [1.165, 1.54) is 69.4 Å². The Kier molecular flexibility index (Phi) is 3.49. The van der Waals surface area contributed by atoms with Crippen molar-refractivity contribution >= 4 is 0 Å². The zero-order chi connectivity index (χ0) is 13.4. The van der Waals surface area contributed by atoms with E-state index in [4.69, 9.17) is 0 Å². The largest absolute Gasteiger partial charge is 0.308 e. The molecular formula is C17H25N3. The molecule has 3 aliphatic rings. The van der Waals surface area contributed by atoms with Crippen LogP contribution in [0.1, 0.15) is 49.4 Å². The fourth-order valence-electron chi connectivity index (χ4n) is 3.92. The van der Waals surface area contributed by atoms with Crippen LogP contribution in [-0.2, 0) is 6.42 Å². The zero-order valence-corrected chi connectivity index (χ0v) is 12.2. The molecule has 3 heteroatoms. The molecule has 1 aliphatic heterocycles. The Hall–Kier alpha value is -0.930. The minimum atomic E-state index is 0.495. The second kappa shape index (κ2) is 5.45. The van der Waals surface area contributed by atoms with Gasteiger partial charge < -0.3 is 10.2 Å². The van der Waals surface area contributed by atoms with E-state index in [0.29, 0.717) is 6.04 Å². The van der Waals surface area contributed by atoms with Gasteiger partial charge in [-0.2, -0.15) is 0 Å². The van der Waals surface area contributed by atoms with Gasteiger partial charge >= 0.3 is 0 Å². The highest BCUT2D eigenvalue weighted by molar-refractivity contribution is 5.25. The first-order valence-electron chi connectivity index (χ1n) is 8.31. The Bertz CT molecular complexity index is 469. The van der Waals surface area contributed by atoms with Crippen molar-refractivity contribution in [1.29, 1.82) is 0 Å². The van der Waals surface area contributed by atoms with Gasteiger partial charge in [-0.1, -0.05) is 6.07 Å². The van der Waals surface area contributed by atoms with Crippen LogP contribution in [-0.4, -0.2) is 35.6 Å². The normalized spacial score (nSPS) is 30.4. The first-order chi connectivity index (χ1) is 9.90. The first kappa shape index (κ1) is 12.8. The maximum absolute atomic E-state index is 4.63. The summed E-state index contributed by atoms with van der Waals surface area (Å²) in [7, 11) is 0. The van der Waals surface area contributed by atoms with Crippen LogP contribution >= 0.6 is 0 Å². The topological polar surface area (TPSA) is 28.2 Å². The summed E-state index contributed by atoms with van der Waals surface area (Å²) in [4.78, 5) is 7.33. The molecule has 0 bridgehead atoms. The van der Waals surface area contributed by atoms with Crippen molar-refractivity contribution in [3.8, 4) is 0 Å². The van der Waals surface area contributed by atoms with Crippen LogP contribution in [0.3, 0.4) is 0 Å². The van der Waals surface area contributed by atoms with Crippen LogP contribution in [0, 0.1) is 5.92 Å². The van der Waals surface area contributed by atoms with E-state index in [1.807, 2.05) is 6.20 Å². The van der Waals surface area contributed by atoms with Gasteiger partial charge in [0.1, 0.15) is 0 Å². The molecule has 20 heavy (non-hydrogen) atoms. The lowest BCUT2D eigenvalue weighted by atomic mass is 9.91. The molecule has 3 nitrogen and oxygen atoms in total. The number of likely N-dealkylation sites (tertiary alicyclic amines) is 1. The van der Waals surface area contributed by atoms with Gasteiger partial charge in [-0.25, -0.2) is 0 Å². The number of hydrogen-bond donors (Lipinski definition) is 1. The molecule has 0 radical (unpaired) electrons. The smallest absolute Gasteiger partial charge is 0.0605 e. The molecule has 2 atom stereocenters. The molecule has 2 heterocycles. The van der Waals surface area contributed by atoms with Crippen LogP contribution in [0.15, 0.2) is 18.3 Å². The molecule has 1 aromatic rings. The fourth-order valence-corrected chi connectivity index (χ4v) is 3.92. The van der Waals surface area contributed by atoms with E-state index in [2.05, 4.69) is 27.3 Å². The number of fused-ring (bicyclic) bond motifs is 1. The number of aryl methyl sites for hydroxylation is 1. The average molecular weight is 271 g/mol. The van der Waals surface area contributed by atoms with Crippen molar-refractivity contribution < 1.29 is 0 Å². The van der Waals surface area contributed by atoms with E-state index < -0.39 is 0 Å². The van der Waals surface area contributed by atoms with Crippen molar-refractivity contribution in [3.63, 3.8) is 0 Å². The molecule has 2 fully saturated rings. The first-order valence-corrected chi connectivity index (χ1v) is 8.31. The van der Waals surface area contributed by atoms with Gasteiger partial charge in [-0.15, -0.1) is 0 Å². The van der Waals surface area contributed by atoms with Gasteiger partial charge in [0.15, 0.2) is 0 Å². The third-order valence-electron chi connectivity index (χ3n) is 5.23. The lowest BCUT2D eigenvalue weighted by molar-refractivity contribution is 0.307. The summed E-state index contributed by atoms with van der Waals surface area (Å²) in [6, 6.07) is 5.76. The molecule has 0 spiro atoms. The maximum Gasteiger partial charge on any atom is 0.0605 e. The summed E-state index contributed by atoms with van der Waals surface area (Å²) in [5, 5.41) is 3.81. The molecular weight excluding hydrogens is 246 g/mol. The molecule has 1 aromatic heterocycles. The van der Waals surface area contributed by atoms with Crippen molar-refractivity contribution in [1.82, 2.24) is 15.2 Å². The summed E-state index contributed by atoms with van der Waals surface area (Å²) in [5.41, 5.74) is 2.78. The second-order valence-electron chi connectivity index (χ2n) is 6.78. The fraction of sp³-hybridized carbons (Fsp3) is 0.706. The maximum atomic E-state index is 4.63. The molecule has 1 saturated carbocycles. The molecule has 2 unspecified atom stereocenters. The highest BCUT2D eigenvalue weighted by Crippen LogP contribution is 2.32. The Morgan fingerprint density at radius 1 is 1.25 bits per heavy atom. The van der Waals surface area contributed by atoms with Crippen LogP contribution in [0.5, 0.6) is 0 Å². The van der Waals surface area contributed by atoms with Crippen molar-refractivity contribution in [3.05, 3.63) is 29.6 Å². The van der Waals surface area contributed by atoms with Gasteiger partial charge in [-0.3, -0.25) is 4.98 Å². The van der Waals surface area contributed by atoms with E-state index in [1.54, 1.807) is 0 Å². The molecule has 108 valence electrons. The number of hydrogen-bond acceptors (Lipinski definition) is 3. The Morgan fingerprint density at radius 3 is 3.10 bits per heavy atom.